The van der Waals surface area contributed by atoms with Gasteiger partial charge < -0.3 is 10.5 Å². The van der Waals surface area contributed by atoms with Crippen molar-refractivity contribution in [3.8, 4) is 11.8 Å². The first-order valence-electron chi connectivity index (χ1n) is 5.94. The highest BCUT2D eigenvalue weighted by atomic mass is 79.9. The molecule has 3 nitrogen and oxygen atoms in total. The van der Waals surface area contributed by atoms with E-state index in [0.29, 0.717) is 0 Å². The zero-order valence-corrected chi connectivity index (χ0v) is 11.4. The molecule has 96 valence electrons. The van der Waals surface area contributed by atoms with Gasteiger partial charge in [0.15, 0.2) is 11.6 Å². The van der Waals surface area contributed by atoms with Crippen molar-refractivity contribution >= 4 is 15.9 Å². The van der Waals surface area contributed by atoms with Crippen LogP contribution in [0.15, 0.2) is 16.6 Å². The van der Waals surface area contributed by atoms with Gasteiger partial charge in [-0.2, -0.15) is 5.26 Å². The van der Waals surface area contributed by atoms with Crippen LogP contribution in [0.25, 0.3) is 0 Å². The predicted molar refractivity (Wildman–Crippen MR) is 69.7 cm³/mol. The van der Waals surface area contributed by atoms with Crippen LogP contribution in [0.2, 0.25) is 0 Å². The van der Waals surface area contributed by atoms with E-state index in [9.17, 15) is 4.39 Å². The highest BCUT2D eigenvalue weighted by Crippen LogP contribution is 2.30. The third kappa shape index (κ3) is 2.65. The number of nitrogens with two attached hydrogens (primary N) is 1. The predicted octanol–water partition coefficient (Wildman–Crippen LogP) is 3.11. The Morgan fingerprint density at radius 3 is 2.78 bits per heavy atom. The van der Waals surface area contributed by atoms with Crippen LogP contribution in [0.1, 0.15) is 31.2 Å². The summed E-state index contributed by atoms with van der Waals surface area (Å²) in [5, 5.41) is 8.79. The van der Waals surface area contributed by atoms with Gasteiger partial charge in [-0.1, -0.05) is 6.42 Å². The molecule has 2 rings (SSSR count). The molecule has 0 aromatic heterocycles. The summed E-state index contributed by atoms with van der Waals surface area (Å²) < 4.78 is 19.8. The zero-order valence-electron chi connectivity index (χ0n) is 9.83. The average molecular weight is 313 g/mol. The first-order valence-corrected chi connectivity index (χ1v) is 6.73. The zero-order chi connectivity index (χ0) is 13.1. The molecule has 1 aromatic rings. The topological polar surface area (TPSA) is 59.0 Å². The van der Waals surface area contributed by atoms with Gasteiger partial charge in [0.25, 0.3) is 0 Å². The normalized spacial score (nSPS) is 23.4. The molecule has 2 unspecified atom stereocenters. The molecule has 0 spiro atoms. The van der Waals surface area contributed by atoms with Gasteiger partial charge in [-0.3, -0.25) is 0 Å². The van der Waals surface area contributed by atoms with Gasteiger partial charge in [-0.25, -0.2) is 4.39 Å². The van der Waals surface area contributed by atoms with Crippen molar-refractivity contribution in [1.29, 1.82) is 5.26 Å². The first-order chi connectivity index (χ1) is 8.63. The van der Waals surface area contributed by atoms with Gasteiger partial charge in [0.2, 0.25) is 0 Å². The summed E-state index contributed by atoms with van der Waals surface area (Å²) in [6.45, 7) is 0. The van der Waals surface area contributed by atoms with Crippen LogP contribution < -0.4 is 10.5 Å². The summed E-state index contributed by atoms with van der Waals surface area (Å²) in [7, 11) is 0. The summed E-state index contributed by atoms with van der Waals surface area (Å²) in [6, 6.07) is 4.88. The van der Waals surface area contributed by atoms with Crippen LogP contribution >= 0.6 is 15.9 Å². The van der Waals surface area contributed by atoms with Crippen molar-refractivity contribution < 1.29 is 9.13 Å². The molecule has 18 heavy (non-hydrogen) atoms. The van der Waals surface area contributed by atoms with E-state index < -0.39 is 5.82 Å². The fourth-order valence-electron chi connectivity index (χ4n) is 2.14. The maximum Gasteiger partial charge on any atom is 0.180 e. The van der Waals surface area contributed by atoms with Crippen LogP contribution in [0, 0.1) is 17.1 Å². The van der Waals surface area contributed by atoms with Crippen LogP contribution in [0.3, 0.4) is 0 Å². The smallest absolute Gasteiger partial charge is 0.180 e. The van der Waals surface area contributed by atoms with Crippen molar-refractivity contribution in [2.75, 3.05) is 0 Å². The molecule has 5 heteroatoms. The third-order valence-corrected chi connectivity index (χ3v) is 3.97. The van der Waals surface area contributed by atoms with E-state index in [2.05, 4.69) is 15.9 Å². The summed E-state index contributed by atoms with van der Waals surface area (Å²) in [6.07, 6.45) is 3.76. The number of nitrogens with zero attached hydrogens (tertiary/aromatic N) is 1. The second-order valence-electron chi connectivity index (χ2n) is 4.46. The molecule has 0 heterocycles. The fourth-order valence-corrected chi connectivity index (χ4v) is 2.56. The highest BCUT2D eigenvalue weighted by molar-refractivity contribution is 9.10. The van der Waals surface area contributed by atoms with Crippen LogP contribution in [-0.2, 0) is 0 Å². The molecule has 2 atom stereocenters. The monoisotopic (exact) mass is 312 g/mol. The maximum atomic E-state index is 14.0. The number of rotatable bonds is 2. The molecule has 0 bridgehead atoms. The summed E-state index contributed by atoms with van der Waals surface area (Å²) in [4.78, 5) is 0. The highest BCUT2D eigenvalue weighted by Gasteiger charge is 2.25. The average Bonchev–Trinajstić information content (AvgIpc) is 2.38. The maximum absolute atomic E-state index is 14.0. The number of ether oxygens (including phenoxy) is 1. The van der Waals surface area contributed by atoms with E-state index in [1.165, 1.54) is 12.1 Å². The van der Waals surface area contributed by atoms with Gasteiger partial charge in [-0.15, -0.1) is 0 Å². The second kappa shape index (κ2) is 5.68. The van der Waals surface area contributed by atoms with E-state index in [-0.39, 0.29) is 27.9 Å². The molecular weight excluding hydrogens is 299 g/mol. The molecular formula is C13H14BrFN2O. The number of halogens is 2. The number of hydrogen-bond acceptors (Lipinski definition) is 3. The van der Waals surface area contributed by atoms with Gasteiger partial charge in [0, 0.05) is 6.04 Å². The molecule has 2 N–H and O–H groups in total. The van der Waals surface area contributed by atoms with Crippen molar-refractivity contribution in [2.24, 2.45) is 5.73 Å². The summed E-state index contributed by atoms with van der Waals surface area (Å²) >= 11 is 3.06. The molecule has 1 aromatic carbocycles. The Morgan fingerprint density at radius 2 is 2.11 bits per heavy atom. The SMILES string of the molecule is N#Cc1ccc(OC2CCCCC2N)c(F)c1Br. The van der Waals surface area contributed by atoms with Crippen LogP contribution in [0.4, 0.5) is 4.39 Å². The van der Waals surface area contributed by atoms with E-state index >= 15 is 0 Å². The number of benzene rings is 1. The molecule has 1 fully saturated rings. The Hall–Kier alpha value is -1.12. The lowest BCUT2D eigenvalue weighted by Gasteiger charge is -2.29. The van der Waals surface area contributed by atoms with E-state index in [0.717, 1.165) is 25.7 Å². The lowest BCUT2D eigenvalue weighted by Crippen LogP contribution is -2.41. The summed E-state index contributed by atoms with van der Waals surface area (Å²) in [5.74, 6) is -0.380. The van der Waals surface area contributed by atoms with Gasteiger partial charge in [-0.05, 0) is 47.3 Å². The minimum atomic E-state index is -0.535. The molecule has 1 aliphatic rings. The molecule has 1 saturated carbocycles. The van der Waals surface area contributed by atoms with Crippen molar-refractivity contribution in [1.82, 2.24) is 0 Å². The van der Waals surface area contributed by atoms with E-state index in [4.69, 9.17) is 15.7 Å². The molecule has 1 aliphatic carbocycles. The van der Waals surface area contributed by atoms with Crippen LogP contribution in [0.5, 0.6) is 5.75 Å². The quantitative estimate of drug-likeness (QED) is 0.912. The number of nitriles is 1. The standard InChI is InChI=1S/C13H14BrFN2O/c14-12-8(7-16)5-6-11(13(12)15)18-10-4-2-1-3-9(10)17/h5-6,9-10H,1-4,17H2. The Balaban J connectivity index is 2.19. The summed E-state index contributed by atoms with van der Waals surface area (Å²) in [5.41, 5.74) is 6.22. The van der Waals surface area contributed by atoms with Crippen molar-refractivity contribution in [2.45, 2.75) is 37.8 Å². The number of hydrogen-bond donors (Lipinski definition) is 1. The second-order valence-corrected chi connectivity index (χ2v) is 5.25. The Labute approximate surface area is 114 Å². The molecule has 0 radical (unpaired) electrons. The van der Waals surface area contributed by atoms with Crippen LogP contribution in [-0.4, -0.2) is 12.1 Å². The Morgan fingerprint density at radius 1 is 1.39 bits per heavy atom. The Bertz CT molecular complexity index is 487. The van der Waals surface area contributed by atoms with E-state index in [1.807, 2.05) is 6.07 Å². The largest absolute Gasteiger partial charge is 0.486 e. The van der Waals surface area contributed by atoms with Gasteiger partial charge in [0.05, 0.1) is 10.0 Å². The lowest BCUT2D eigenvalue weighted by molar-refractivity contribution is 0.127. The molecule has 0 saturated heterocycles. The molecule has 0 amide bonds. The molecule has 0 aliphatic heterocycles. The van der Waals surface area contributed by atoms with Crippen molar-refractivity contribution in [3.63, 3.8) is 0 Å². The van der Waals surface area contributed by atoms with Gasteiger partial charge in [0.1, 0.15) is 12.2 Å². The third-order valence-electron chi connectivity index (χ3n) is 3.20. The fraction of sp³-hybridized carbons (Fsp3) is 0.462. The minimum Gasteiger partial charge on any atom is -0.486 e. The van der Waals surface area contributed by atoms with Crippen molar-refractivity contribution in [3.05, 3.63) is 28.0 Å². The van der Waals surface area contributed by atoms with E-state index in [1.54, 1.807) is 0 Å². The van der Waals surface area contributed by atoms with Gasteiger partial charge >= 0.3 is 0 Å². The first kappa shape index (κ1) is 13.3. The minimum absolute atomic E-state index is 0.0485. The Kier molecular flexibility index (Phi) is 4.20. The lowest BCUT2D eigenvalue weighted by atomic mass is 9.93.